The summed E-state index contributed by atoms with van der Waals surface area (Å²) < 4.78 is 14.9. The van der Waals surface area contributed by atoms with Gasteiger partial charge in [-0.05, 0) is 62.7 Å². The van der Waals surface area contributed by atoms with Crippen LogP contribution in [0.1, 0.15) is 53.9 Å². The van der Waals surface area contributed by atoms with Crippen LogP contribution in [0.25, 0.3) is 22.2 Å². The number of rotatable bonds is 6. The number of hydrogen-bond acceptors (Lipinski definition) is 4. The molecule has 0 spiro atoms. The zero-order valence-electron chi connectivity index (χ0n) is 20.1. The third-order valence-electron chi connectivity index (χ3n) is 7.21. The average Bonchev–Trinajstić information content (AvgIpc) is 3.14. The lowest BCUT2D eigenvalue weighted by Gasteiger charge is -2.28. The van der Waals surface area contributed by atoms with Gasteiger partial charge in [0.2, 0.25) is 0 Å². The van der Waals surface area contributed by atoms with Gasteiger partial charge in [0.05, 0.1) is 24.4 Å². The van der Waals surface area contributed by atoms with Crippen molar-refractivity contribution in [3.63, 3.8) is 0 Å². The molecule has 1 fully saturated rings. The molecular formula is C28H34N2O4. The molecule has 0 bridgehead atoms. The Morgan fingerprint density at radius 3 is 2.71 bits per heavy atom. The number of benzene rings is 2. The lowest BCUT2D eigenvalue weighted by Crippen LogP contribution is -2.31. The van der Waals surface area contributed by atoms with Gasteiger partial charge in [-0.2, -0.15) is 0 Å². The molecule has 2 aliphatic rings. The number of aromatic nitrogens is 1. The van der Waals surface area contributed by atoms with Gasteiger partial charge in [0.15, 0.2) is 0 Å². The molecule has 0 saturated heterocycles. The molecule has 5 rings (SSSR count). The highest BCUT2D eigenvalue weighted by Gasteiger charge is 2.30. The summed E-state index contributed by atoms with van der Waals surface area (Å²) in [6, 6.07) is 13.9. The van der Waals surface area contributed by atoms with Gasteiger partial charge in [-0.1, -0.05) is 37.5 Å². The summed E-state index contributed by atoms with van der Waals surface area (Å²) in [5.41, 5.74) is 4.90. The molecule has 0 unspecified atom stereocenters. The Balaban J connectivity index is 1.70. The summed E-state index contributed by atoms with van der Waals surface area (Å²) in [5.74, 6) is 0.428. The van der Waals surface area contributed by atoms with Crippen molar-refractivity contribution in [1.82, 2.24) is 9.47 Å². The lowest BCUT2D eigenvalue weighted by molar-refractivity contribution is 0.00422. The summed E-state index contributed by atoms with van der Waals surface area (Å²) in [6.45, 7) is 2.54. The normalized spacial score (nSPS) is 18.7. The van der Waals surface area contributed by atoms with Crippen molar-refractivity contribution in [1.29, 1.82) is 0 Å². The second-order valence-corrected chi connectivity index (χ2v) is 9.85. The molecule has 0 amide bonds. The maximum absolute atomic E-state index is 11.9. The Morgan fingerprint density at radius 1 is 1.15 bits per heavy atom. The fourth-order valence-electron chi connectivity index (χ4n) is 5.52. The Morgan fingerprint density at radius 2 is 1.94 bits per heavy atom. The smallest absolute Gasteiger partial charge is 0.335 e. The lowest BCUT2D eigenvalue weighted by atomic mass is 9.81. The summed E-state index contributed by atoms with van der Waals surface area (Å²) >= 11 is 0. The minimum Gasteiger partial charge on any atom is -0.490 e. The number of ether oxygens (including phenoxy) is 2. The topological polar surface area (TPSA) is 63.9 Å². The van der Waals surface area contributed by atoms with Crippen molar-refractivity contribution in [2.75, 3.05) is 33.9 Å². The Bertz CT molecular complexity index is 1180. The maximum Gasteiger partial charge on any atom is 0.335 e. The Kier molecular flexibility index (Phi) is 6.61. The molecule has 6 heteroatoms. The Labute approximate surface area is 201 Å². The van der Waals surface area contributed by atoms with Crippen LogP contribution in [0, 0.1) is 0 Å². The predicted molar refractivity (Wildman–Crippen MR) is 134 cm³/mol. The van der Waals surface area contributed by atoms with Gasteiger partial charge in [0.1, 0.15) is 18.5 Å². The van der Waals surface area contributed by atoms with Crippen molar-refractivity contribution in [3.05, 3.63) is 53.6 Å². The molecule has 2 heterocycles. The van der Waals surface area contributed by atoms with Crippen LogP contribution in [0.2, 0.25) is 0 Å². The standard InChI is InChI=1S/C28H34N2O4/c1-29(2)14-15-33-21-17-30-24-16-20(28(31)32)12-13-22(24)26(19-8-4-3-5-9-19)27(30)23-10-6-7-11-25(23)34-18-21/h6-7,10-13,16,19,21H,3-5,8-9,14-15,17-18H2,1-2H3,(H,31,32)/t21-/m0/s1. The summed E-state index contributed by atoms with van der Waals surface area (Å²) in [4.78, 5) is 14.0. The van der Waals surface area contributed by atoms with E-state index in [9.17, 15) is 9.90 Å². The number of carboxylic acid groups (broad SMARTS) is 1. The van der Waals surface area contributed by atoms with Gasteiger partial charge < -0.3 is 24.0 Å². The molecule has 1 aliphatic heterocycles. The van der Waals surface area contributed by atoms with Gasteiger partial charge in [-0.15, -0.1) is 0 Å². The first kappa shape index (κ1) is 22.9. The van der Waals surface area contributed by atoms with Crippen molar-refractivity contribution in [2.24, 2.45) is 0 Å². The van der Waals surface area contributed by atoms with Crippen molar-refractivity contribution in [3.8, 4) is 17.0 Å². The molecule has 0 radical (unpaired) electrons. The highest BCUT2D eigenvalue weighted by Crippen LogP contribution is 2.47. The van der Waals surface area contributed by atoms with E-state index in [-0.39, 0.29) is 6.10 Å². The summed E-state index contributed by atoms with van der Waals surface area (Å²) in [6.07, 6.45) is 5.96. The predicted octanol–water partition coefficient (Wildman–Crippen LogP) is 5.39. The molecule has 1 aromatic heterocycles. The molecule has 1 saturated carbocycles. The second-order valence-electron chi connectivity index (χ2n) is 9.85. The zero-order chi connectivity index (χ0) is 23.7. The fourth-order valence-corrected chi connectivity index (χ4v) is 5.52. The van der Waals surface area contributed by atoms with E-state index in [1.54, 1.807) is 6.07 Å². The summed E-state index contributed by atoms with van der Waals surface area (Å²) in [7, 11) is 4.07. The average molecular weight is 463 g/mol. The number of carboxylic acids is 1. The quantitative estimate of drug-likeness (QED) is 0.532. The van der Waals surface area contributed by atoms with Gasteiger partial charge in [-0.25, -0.2) is 4.79 Å². The van der Waals surface area contributed by atoms with E-state index in [1.165, 1.54) is 43.4 Å². The third kappa shape index (κ3) is 4.44. The first-order valence-corrected chi connectivity index (χ1v) is 12.4. The van der Waals surface area contributed by atoms with Crippen LogP contribution >= 0.6 is 0 Å². The van der Waals surface area contributed by atoms with E-state index < -0.39 is 5.97 Å². The Hall–Kier alpha value is -2.83. The number of nitrogens with zero attached hydrogens (tertiary/aromatic N) is 2. The summed E-state index contributed by atoms with van der Waals surface area (Å²) in [5, 5.41) is 10.9. The van der Waals surface area contributed by atoms with Crippen molar-refractivity contribution in [2.45, 2.75) is 50.7 Å². The fraction of sp³-hybridized carbons (Fsp3) is 0.464. The van der Waals surface area contributed by atoms with Crippen LogP contribution in [0.15, 0.2) is 42.5 Å². The molecule has 6 nitrogen and oxygen atoms in total. The zero-order valence-corrected chi connectivity index (χ0v) is 20.1. The van der Waals surface area contributed by atoms with Gasteiger partial charge in [0, 0.05) is 23.0 Å². The molecule has 1 atom stereocenters. The van der Waals surface area contributed by atoms with E-state index in [0.29, 0.717) is 31.2 Å². The number of likely N-dealkylation sites (N-methyl/N-ethyl adjacent to an activating group) is 1. The van der Waals surface area contributed by atoms with Crippen molar-refractivity contribution < 1.29 is 19.4 Å². The molecule has 1 N–H and O–H groups in total. The third-order valence-corrected chi connectivity index (χ3v) is 7.21. The van der Waals surface area contributed by atoms with Crippen LogP contribution in [0.5, 0.6) is 5.75 Å². The minimum absolute atomic E-state index is 0.129. The number of fused-ring (bicyclic) bond motifs is 5. The highest BCUT2D eigenvalue weighted by atomic mass is 16.5. The molecule has 2 aromatic carbocycles. The van der Waals surface area contributed by atoms with E-state index in [1.807, 2.05) is 38.4 Å². The molecule has 1 aliphatic carbocycles. The minimum atomic E-state index is -0.898. The molecular weight excluding hydrogens is 428 g/mol. The van der Waals surface area contributed by atoms with Crippen LogP contribution in [-0.4, -0.2) is 60.5 Å². The van der Waals surface area contributed by atoms with Gasteiger partial charge >= 0.3 is 5.97 Å². The van der Waals surface area contributed by atoms with E-state index in [4.69, 9.17) is 9.47 Å². The first-order chi connectivity index (χ1) is 16.5. The molecule has 34 heavy (non-hydrogen) atoms. The second kappa shape index (κ2) is 9.80. The molecule has 3 aromatic rings. The monoisotopic (exact) mass is 462 g/mol. The number of carbonyl (C=O) groups is 1. The molecule has 180 valence electrons. The number of aromatic carboxylic acids is 1. The van der Waals surface area contributed by atoms with Crippen LogP contribution in [-0.2, 0) is 11.3 Å². The van der Waals surface area contributed by atoms with E-state index in [2.05, 4.69) is 21.6 Å². The van der Waals surface area contributed by atoms with Gasteiger partial charge in [0.25, 0.3) is 0 Å². The maximum atomic E-state index is 11.9. The SMILES string of the molecule is CN(C)CCO[C@@H]1COc2ccccc2-c2c(C3CCCCC3)c3ccc(C(=O)O)cc3n2C1. The first-order valence-electron chi connectivity index (χ1n) is 12.4. The van der Waals surface area contributed by atoms with Gasteiger partial charge in [-0.3, -0.25) is 0 Å². The van der Waals surface area contributed by atoms with E-state index >= 15 is 0 Å². The van der Waals surface area contributed by atoms with Crippen LogP contribution < -0.4 is 4.74 Å². The largest absolute Gasteiger partial charge is 0.490 e. The van der Waals surface area contributed by atoms with Crippen LogP contribution in [0.4, 0.5) is 0 Å². The highest BCUT2D eigenvalue weighted by molar-refractivity contribution is 5.98. The van der Waals surface area contributed by atoms with Crippen LogP contribution in [0.3, 0.4) is 0 Å². The number of hydrogen-bond donors (Lipinski definition) is 1. The van der Waals surface area contributed by atoms with Crippen molar-refractivity contribution >= 4 is 16.9 Å². The van der Waals surface area contributed by atoms with E-state index in [0.717, 1.165) is 28.8 Å². The number of para-hydroxylation sites is 1.